The molecule has 146 valence electrons. The standard InChI is InChI=1S/C20H25BrN4O.ClH/c1-3-26-19-15(11-14(2)12-16(19)21)13-22-9-6-10-23-20-24-17-7-4-5-8-18(17)25-20;/h4-5,7-8,11-12,22H,3,6,9-10,13H2,1-2H3,(H2,23,24,25);1H. The summed E-state index contributed by atoms with van der Waals surface area (Å²) in [7, 11) is 0. The molecule has 0 bridgehead atoms. The third-order valence-corrected chi connectivity index (χ3v) is 4.67. The van der Waals surface area contributed by atoms with Gasteiger partial charge < -0.3 is 20.4 Å². The molecule has 3 rings (SSSR count). The largest absolute Gasteiger partial charge is 0.492 e. The number of H-pyrrole nitrogens is 1. The molecule has 0 unspecified atom stereocenters. The van der Waals surface area contributed by atoms with Crippen molar-refractivity contribution in [1.29, 1.82) is 0 Å². The van der Waals surface area contributed by atoms with E-state index in [9.17, 15) is 0 Å². The van der Waals surface area contributed by atoms with Crippen molar-refractivity contribution < 1.29 is 4.74 Å². The lowest BCUT2D eigenvalue weighted by Crippen LogP contribution is -2.18. The van der Waals surface area contributed by atoms with Crippen LogP contribution in [0.5, 0.6) is 5.75 Å². The van der Waals surface area contributed by atoms with Crippen LogP contribution in [0.4, 0.5) is 5.95 Å². The van der Waals surface area contributed by atoms with Crippen molar-refractivity contribution in [2.75, 3.05) is 25.0 Å². The van der Waals surface area contributed by atoms with E-state index < -0.39 is 0 Å². The van der Waals surface area contributed by atoms with Gasteiger partial charge in [-0.05, 0) is 66.5 Å². The number of nitrogens with zero attached hydrogens (tertiary/aromatic N) is 1. The van der Waals surface area contributed by atoms with Gasteiger partial charge in [-0.1, -0.05) is 18.2 Å². The fourth-order valence-corrected chi connectivity index (χ4v) is 3.65. The molecule has 2 aromatic carbocycles. The van der Waals surface area contributed by atoms with Crippen molar-refractivity contribution in [1.82, 2.24) is 15.3 Å². The number of nitrogens with one attached hydrogen (secondary N) is 3. The van der Waals surface area contributed by atoms with Crippen LogP contribution in [0.3, 0.4) is 0 Å². The Hall–Kier alpha value is -1.76. The van der Waals surface area contributed by atoms with E-state index in [-0.39, 0.29) is 12.4 Å². The second kappa shape index (κ2) is 10.5. The van der Waals surface area contributed by atoms with Gasteiger partial charge in [0.05, 0.1) is 22.1 Å². The van der Waals surface area contributed by atoms with Crippen LogP contribution in [-0.2, 0) is 6.54 Å². The van der Waals surface area contributed by atoms with Crippen LogP contribution in [0.25, 0.3) is 11.0 Å². The lowest BCUT2D eigenvalue weighted by atomic mass is 10.1. The molecule has 0 aliphatic carbocycles. The van der Waals surface area contributed by atoms with E-state index in [0.717, 1.165) is 53.3 Å². The summed E-state index contributed by atoms with van der Waals surface area (Å²) in [6.45, 7) is 7.35. The lowest BCUT2D eigenvalue weighted by Gasteiger charge is -2.14. The molecule has 0 amide bonds. The van der Waals surface area contributed by atoms with E-state index in [0.29, 0.717) is 6.61 Å². The summed E-state index contributed by atoms with van der Waals surface area (Å²) in [6.07, 6.45) is 1.01. The van der Waals surface area contributed by atoms with Crippen LogP contribution in [0.15, 0.2) is 40.9 Å². The van der Waals surface area contributed by atoms with E-state index in [4.69, 9.17) is 4.74 Å². The summed E-state index contributed by atoms with van der Waals surface area (Å²) in [5.74, 6) is 1.76. The van der Waals surface area contributed by atoms with E-state index in [1.165, 1.54) is 11.1 Å². The third kappa shape index (κ3) is 5.86. The van der Waals surface area contributed by atoms with Crippen LogP contribution < -0.4 is 15.4 Å². The van der Waals surface area contributed by atoms with Gasteiger partial charge in [-0.3, -0.25) is 0 Å². The third-order valence-electron chi connectivity index (χ3n) is 4.08. The summed E-state index contributed by atoms with van der Waals surface area (Å²) in [5.41, 5.74) is 4.45. The number of anilines is 1. The first-order valence-electron chi connectivity index (χ1n) is 8.98. The van der Waals surface area contributed by atoms with Crippen molar-refractivity contribution in [2.24, 2.45) is 0 Å². The molecule has 0 spiro atoms. The minimum atomic E-state index is 0. The molecule has 0 radical (unpaired) electrons. The zero-order chi connectivity index (χ0) is 18.4. The minimum absolute atomic E-state index is 0. The van der Waals surface area contributed by atoms with Gasteiger partial charge in [-0.2, -0.15) is 0 Å². The van der Waals surface area contributed by atoms with Crippen molar-refractivity contribution in [3.63, 3.8) is 0 Å². The minimum Gasteiger partial charge on any atom is -0.492 e. The zero-order valence-corrected chi connectivity index (χ0v) is 18.0. The predicted octanol–water partition coefficient (Wildman–Crippen LogP) is 5.05. The van der Waals surface area contributed by atoms with Crippen molar-refractivity contribution in [3.05, 3.63) is 52.0 Å². The number of aromatic nitrogens is 2. The summed E-state index contributed by atoms with van der Waals surface area (Å²) >= 11 is 3.60. The average Bonchev–Trinajstić information content (AvgIpc) is 3.03. The Balaban J connectivity index is 0.00000261. The molecule has 0 saturated heterocycles. The van der Waals surface area contributed by atoms with Crippen molar-refractivity contribution in [3.8, 4) is 5.75 Å². The highest BCUT2D eigenvalue weighted by molar-refractivity contribution is 9.10. The Morgan fingerprint density at radius 3 is 2.78 bits per heavy atom. The number of hydrogen-bond donors (Lipinski definition) is 3. The number of imidazole rings is 1. The lowest BCUT2D eigenvalue weighted by molar-refractivity contribution is 0.333. The normalized spacial score (nSPS) is 10.6. The highest BCUT2D eigenvalue weighted by Crippen LogP contribution is 2.30. The van der Waals surface area contributed by atoms with Crippen molar-refractivity contribution >= 4 is 45.3 Å². The summed E-state index contributed by atoms with van der Waals surface area (Å²) in [4.78, 5) is 7.80. The molecule has 3 N–H and O–H groups in total. The number of benzene rings is 2. The molecular weight excluding hydrogens is 428 g/mol. The number of ether oxygens (including phenoxy) is 1. The number of aromatic amines is 1. The number of rotatable bonds is 9. The Morgan fingerprint density at radius 2 is 2.00 bits per heavy atom. The average molecular weight is 454 g/mol. The molecule has 0 saturated carbocycles. The molecule has 0 aliphatic rings. The van der Waals surface area contributed by atoms with Gasteiger partial charge in [-0.25, -0.2) is 4.98 Å². The van der Waals surface area contributed by atoms with Gasteiger partial charge >= 0.3 is 0 Å². The fourth-order valence-electron chi connectivity index (χ4n) is 2.92. The smallest absolute Gasteiger partial charge is 0.201 e. The SMILES string of the molecule is CCOc1c(Br)cc(C)cc1CNCCCNc1nc2ccccc2[nH]1.Cl. The van der Waals surface area contributed by atoms with Gasteiger partial charge in [0, 0.05) is 18.7 Å². The summed E-state index contributed by atoms with van der Waals surface area (Å²) in [6, 6.07) is 12.3. The van der Waals surface area contributed by atoms with Crippen LogP contribution in [-0.4, -0.2) is 29.7 Å². The van der Waals surface area contributed by atoms with E-state index in [1.54, 1.807) is 0 Å². The van der Waals surface area contributed by atoms with Crippen LogP contribution in [0.1, 0.15) is 24.5 Å². The summed E-state index contributed by atoms with van der Waals surface area (Å²) in [5, 5.41) is 6.84. The number of hydrogen-bond acceptors (Lipinski definition) is 4. The number of para-hydroxylation sites is 2. The summed E-state index contributed by atoms with van der Waals surface area (Å²) < 4.78 is 6.79. The first-order valence-corrected chi connectivity index (χ1v) is 9.78. The molecule has 5 nitrogen and oxygen atoms in total. The van der Waals surface area contributed by atoms with Gasteiger partial charge in [0.1, 0.15) is 5.75 Å². The quantitative estimate of drug-likeness (QED) is 0.397. The molecule has 1 aromatic heterocycles. The van der Waals surface area contributed by atoms with Gasteiger partial charge in [0.15, 0.2) is 0 Å². The molecule has 0 atom stereocenters. The monoisotopic (exact) mass is 452 g/mol. The first kappa shape index (κ1) is 21.5. The van der Waals surface area contributed by atoms with E-state index in [1.807, 2.05) is 31.2 Å². The maximum absolute atomic E-state index is 5.78. The maximum atomic E-state index is 5.78. The van der Waals surface area contributed by atoms with E-state index >= 15 is 0 Å². The molecule has 7 heteroatoms. The van der Waals surface area contributed by atoms with Gasteiger partial charge in [0.2, 0.25) is 5.95 Å². The first-order chi connectivity index (χ1) is 12.7. The molecular formula is C20H26BrClN4O. The predicted molar refractivity (Wildman–Crippen MR) is 118 cm³/mol. The molecule has 0 fully saturated rings. The Morgan fingerprint density at radius 1 is 1.19 bits per heavy atom. The maximum Gasteiger partial charge on any atom is 0.201 e. The van der Waals surface area contributed by atoms with Gasteiger partial charge in [0.25, 0.3) is 0 Å². The number of fused-ring (bicyclic) bond motifs is 1. The molecule has 27 heavy (non-hydrogen) atoms. The Kier molecular flexibility index (Phi) is 8.41. The molecule has 0 aliphatic heterocycles. The molecule has 3 aromatic rings. The van der Waals surface area contributed by atoms with Crippen LogP contribution in [0, 0.1) is 6.92 Å². The Labute approximate surface area is 174 Å². The molecule has 1 heterocycles. The van der Waals surface area contributed by atoms with Crippen LogP contribution in [0.2, 0.25) is 0 Å². The van der Waals surface area contributed by atoms with Crippen LogP contribution >= 0.6 is 28.3 Å². The highest BCUT2D eigenvalue weighted by atomic mass is 79.9. The Bertz CT molecular complexity index is 835. The zero-order valence-electron chi connectivity index (χ0n) is 15.6. The number of aryl methyl sites for hydroxylation is 1. The number of halogens is 2. The van der Waals surface area contributed by atoms with E-state index in [2.05, 4.69) is 55.6 Å². The second-order valence-corrected chi connectivity index (χ2v) is 7.08. The van der Waals surface area contributed by atoms with Gasteiger partial charge in [-0.15, -0.1) is 12.4 Å². The second-order valence-electron chi connectivity index (χ2n) is 6.23. The fraction of sp³-hybridized carbons (Fsp3) is 0.350. The highest BCUT2D eigenvalue weighted by Gasteiger charge is 2.09. The van der Waals surface area contributed by atoms with Crippen molar-refractivity contribution in [2.45, 2.75) is 26.8 Å². The topological polar surface area (TPSA) is 62.0 Å².